The van der Waals surface area contributed by atoms with Crippen LogP contribution in [0.25, 0.3) is 0 Å². The molecule has 0 saturated heterocycles. The highest BCUT2D eigenvalue weighted by atomic mass is 35.5. The molecule has 0 unspecified atom stereocenters. The molecule has 0 atom stereocenters. The summed E-state index contributed by atoms with van der Waals surface area (Å²) in [5.41, 5.74) is 1.23. The predicted octanol–water partition coefficient (Wildman–Crippen LogP) is 2.45. The largest absolute Gasteiger partial charge is 0.190 e. The Labute approximate surface area is 65.5 Å². The second kappa shape index (κ2) is 4.07. The van der Waals surface area contributed by atoms with Crippen LogP contribution in [0.3, 0.4) is 0 Å². The van der Waals surface area contributed by atoms with Crippen molar-refractivity contribution in [3.05, 3.63) is 35.9 Å². The Morgan fingerprint density at radius 1 is 1.30 bits per heavy atom. The fourth-order valence-electron chi connectivity index (χ4n) is 0.754. The Morgan fingerprint density at radius 3 is 2.60 bits per heavy atom. The molecular weight excluding hydrogens is 146 g/mol. The quantitative estimate of drug-likeness (QED) is 0.579. The van der Waals surface area contributed by atoms with Crippen molar-refractivity contribution in [2.45, 2.75) is 6.42 Å². The van der Waals surface area contributed by atoms with E-state index in [4.69, 9.17) is 11.8 Å². The van der Waals surface area contributed by atoms with Crippen LogP contribution in [-0.4, -0.2) is 6.21 Å². The molecule has 0 bridgehead atoms. The Hall–Kier alpha value is -0.820. The molecule has 0 amide bonds. The molecular formula is C8H8ClN. The van der Waals surface area contributed by atoms with Gasteiger partial charge in [0.1, 0.15) is 0 Å². The molecule has 0 fully saturated rings. The summed E-state index contributed by atoms with van der Waals surface area (Å²) in [6.45, 7) is 0. The summed E-state index contributed by atoms with van der Waals surface area (Å²) in [6.07, 6.45) is 2.49. The number of nitrogens with zero attached hydrogens (tertiary/aromatic N) is 1. The maximum absolute atomic E-state index is 5.12. The van der Waals surface area contributed by atoms with Crippen molar-refractivity contribution in [2.24, 2.45) is 4.51 Å². The molecule has 0 N–H and O–H groups in total. The first kappa shape index (κ1) is 7.29. The summed E-state index contributed by atoms with van der Waals surface area (Å²) in [4.78, 5) is 0. The molecule has 0 aliphatic carbocycles. The zero-order chi connectivity index (χ0) is 7.23. The van der Waals surface area contributed by atoms with E-state index in [1.165, 1.54) is 5.56 Å². The topological polar surface area (TPSA) is 12.4 Å². The van der Waals surface area contributed by atoms with E-state index < -0.39 is 0 Å². The lowest BCUT2D eigenvalue weighted by Gasteiger charge is -1.90. The van der Waals surface area contributed by atoms with E-state index in [0.717, 1.165) is 6.42 Å². The van der Waals surface area contributed by atoms with E-state index in [0.29, 0.717) is 0 Å². The molecule has 0 aliphatic rings. The van der Waals surface area contributed by atoms with E-state index in [-0.39, 0.29) is 0 Å². The van der Waals surface area contributed by atoms with E-state index in [9.17, 15) is 0 Å². The van der Waals surface area contributed by atoms with Crippen LogP contribution in [0.15, 0.2) is 34.8 Å². The van der Waals surface area contributed by atoms with Gasteiger partial charge in [0.15, 0.2) is 0 Å². The van der Waals surface area contributed by atoms with Crippen LogP contribution >= 0.6 is 11.8 Å². The highest BCUT2D eigenvalue weighted by Crippen LogP contribution is 1.97. The molecule has 2 heteroatoms. The lowest BCUT2D eigenvalue weighted by molar-refractivity contribution is 1.36. The normalized spacial score (nSPS) is 10.5. The molecule has 0 aliphatic heterocycles. The average Bonchev–Trinajstić information content (AvgIpc) is 2.03. The lowest BCUT2D eigenvalue weighted by atomic mass is 10.2. The van der Waals surface area contributed by atoms with Gasteiger partial charge in [0.25, 0.3) is 0 Å². The third-order valence-corrected chi connectivity index (χ3v) is 1.38. The van der Waals surface area contributed by atoms with Gasteiger partial charge < -0.3 is 0 Å². The number of halogens is 1. The van der Waals surface area contributed by atoms with E-state index in [1.807, 2.05) is 30.3 Å². The maximum Gasteiger partial charge on any atom is 0.0361 e. The van der Waals surface area contributed by atoms with Crippen LogP contribution in [0.4, 0.5) is 0 Å². The second-order valence-electron chi connectivity index (χ2n) is 1.97. The van der Waals surface area contributed by atoms with Gasteiger partial charge in [0.05, 0.1) is 0 Å². The zero-order valence-electron chi connectivity index (χ0n) is 5.50. The molecule has 0 spiro atoms. The summed E-state index contributed by atoms with van der Waals surface area (Å²) in [5, 5.41) is 0. The Bertz CT molecular complexity index is 206. The third-order valence-electron chi connectivity index (χ3n) is 1.24. The molecule has 0 radical (unpaired) electrons. The van der Waals surface area contributed by atoms with Gasteiger partial charge >= 0.3 is 0 Å². The van der Waals surface area contributed by atoms with Crippen LogP contribution < -0.4 is 0 Å². The van der Waals surface area contributed by atoms with Crippen molar-refractivity contribution in [1.29, 1.82) is 0 Å². The van der Waals surface area contributed by atoms with Crippen LogP contribution in [0.5, 0.6) is 0 Å². The van der Waals surface area contributed by atoms with Crippen LogP contribution in [-0.2, 0) is 6.42 Å². The first-order chi connectivity index (χ1) is 4.93. The highest BCUT2D eigenvalue weighted by Gasteiger charge is 1.84. The van der Waals surface area contributed by atoms with E-state index in [2.05, 4.69) is 4.51 Å². The molecule has 0 aromatic heterocycles. The molecule has 10 heavy (non-hydrogen) atoms. The Kier molecular flexibility index (Phi) is 2.97. The van der Waals surface area contributed by atoms with Gasteiger partial charge in [0.2, 0.25) is 0 Å². The van der Waals surface area contributed by atoms with Gasteiger partial charge in [-0.2, -0.15) is 4.51 Å². The summed E-state index contributed by atoms with van der Waals surface area (Å²) in [5.74, 6) is 0. The highest BCUT2D eigenvalue weighted by molar-refractivity contribution is 6.17. The number of hydrogen-bond acceptors (Lipinski definition) is 1. The van der Waals surface area contributed by atoms with Crippen molar-refractivity contribution in [3.63, 3.8) is 0 Å². The fraction of sp³-hybridized carbons (Fsp3) is 0.125. The monoisotopic (exact) mass is 153 g/mol. The molecule has 0 heterocycles. The summed E-state index contributed by atoms with van der Waals surface area (Å²) < 4.78 is 3.38. The van der Waals surface area contributed by atoms with Gasteiger partial charge in [0, 0.05) is 24.4 Å². The van der Waals surface area contributed by atoms with Crippen molar-refractivity contribution >= 4 is 18.0 Å². The van der Waals surface area contributed by atoms with Crippen LogP contribution in [0, 0.1) is 0 Å². The smallest absolute Gasteiger partial charge is 0.0361 e. The van der Waals surface area contributed by atoms with E-state index in [1.54, 1.807) is 6.21 Å². The fourth-order valence-corrected chi connectivity index (χ4v) is 0.823. The van der Waals surface area contributed by atoms with Gasteiger partial charge in [-0.25, -0.2) is 0 Å². The van der Waals surface area contributed by atoms with Gasteiger partial charge in [-0.15, -0.1) is 0 Å². The number of hydrogen-bond donors (Lipinski definition) is 0. The maximum atomic E-state index is 5.12. The molecule has 1 rings (SSSR count). The third kappa shape index (κ3) is 2.19. The van der Waals surface area contributed by atoms with Crippen molar-refractivity contribution in [1.82, 2.24) is 0 Å². The van der Waals surface area contributed by atoms with Gasteiger partial charge in [-0.1, -0.05) is 30.3 Å². The minimum atomic E-state index is 0.810. The minimum Gasteiger partial charge on any atom is -0.190 e. The first-order valence-electron chi connectivity index (χ1n) is 3.10. The minimum absolute atomic E-state index is 0.810. The molecule has 1 aromatic rings. The van der Waals surface area contributed by atoms with Crippen LogP contribution in [0.2, 0.25) is 0 Å². The zero-order valence-corrected chi connectivity index (χ0v) is 6.25. The summed E-state index contributed by atoms with van der Waals surface area (Å²) in [6, 6.07) is 10.1. The Morgan fingerprint density at radius 2 is 2.00 bits per heavy atom. The molecule has 0 saturated carbocycles. The van der Waals surface area contributed by atoms with Crippen LogP contribution in [0.1, 0.15) is 5.56 Å². The van der Waals surface area contributed by atoms with Crippen molar-refractivity contribution in [2.75, 3.05) is 0 Å². The van der Waals surface area contributed by atoms with Gasteiger partial charge in [-0.05, 0) is 5.56 Å². The van der Waals surface area contributed by atoms with E-state index >= 15 is 0 Å². The summed E-state index contributed by atoms with van der Waals surface area (Å²) in [7, 11) is 0. The number of benzene rings is 1. The van der Waals surface area contributed by atoms with Crippen molar-refractivity contribution < 1.29 is 0 Å². The standard InChI is InChI=1S/C8H8ClN/c9-10-7-6-8-4-2-1-3-5-8/h1-5,7H,6H2/b10-7+. The summed E-state index contributed by atoms with van der Waals surface area (Å²) >= 11 is 5.12. The predicted molar refractivity (Wildman–Crippen MR) is 44.5 cm³/mol. The molecule has 52 valence electrons. The first-order valence-corrected chi connectivity index (χ1v) is 3.44. The average molecular weight is 154 g/mol. The van der Waals surface area contributed by atoms with Gasteiger partial charge in [-0.3, -0.25) is 0 Å². The Balaban J connectivity index is 2.59. The SMILES string of the molecule is Cl/N=C/Cc1ccccc1. The molecule has 1 nitrogen and oxygen atoms in total. The lowest BCUT2D eigenvalue weighted by Crippen LogP contribution is -1.82. The van der Waals surface area contributed by atoms with Crippen molar-refractivity contribution in [3.8, 4) is 0 Å². The second-order valence-corrected chi connectivity index (χ2v) is 2.17. The number of rotatable bonds is 2. The molecule has 1 aromatic carbocycles.